The third-order valence-electron chi connectivity index (χ3n) is 10.5. The molecule has 0 spiro atoms. The number of hydrogen-bond acceptors (Lipinski definition) is 24. The van der Waals surface area contributed by atoms with Gasteiger partial charge in [-0.05, 0) is 95.6 Å². The Morgan fingerprint density at radius 3 is 1.28 bits per heavy atom. The molecule has 0 aliphatic heterocycles. The van der Waals surface area contributed by atoms with Crippen molar-refractivity contribution in [1.82, 2.24) is 50.1 Å². The van der Waals surface area contributed by atoms with E-state index in [0.29, 0.717) is 54.6 Å². The molecule has 0 saturated heterocycles. The van der Waals surface area contributed by atoms with Crippen LogP contribution in [0.5, 0.6) is 29.3 Å². The van der Waals surface area contributed by atoms with Gasteiger partial charge in [0.2, 0.25) is 16.5 Å². The molecule has 0 atom stereocenters. The summed E-state index contributed by atoms with van der Waals surface area (Å²) in [6.07, 6.45) is 2.39. The molecule has 28 heteroatoms. The summed E-state index contributed by atoms with van der Waals surface area (Å²) in [5.74, 6) is 2.53. The summed E-state index contributed by atoms with van der Waals surface area (Å²) in [6.45, 7) is 3.67. The fraction of sp³-hybridized carbons (Fsp3) is 0.264. The fourth-order valence-corrected chi connectivity index (χ4v) is 7.12. The Hall–Kier alpha value is -9.20. The summed E-state index contributed by atoms with van der Waals surface area (Å²) in [5.41, 5.74) is 4.05. The fourth-order valence-electron chi connectivity index (χ4n) is 6.53. The minimum atomic E-state index is -1.13. The second-order valence-corrected chi connectivity index (χ2v) is 17.1. The maximum absolute atomic E-state index is 11.5. The summed E-state index contributed by atoms with van der Waals surface area (Å²) < 4.78 is 39.8. The molecule has 0 radical (unpaired) electrons. The number of carboxylic acids is 1. The van der Waals surface area contributed by atoms with Crippen LogP contribution in [0, 0.1) is 6.92 Å². The van der Waals surface area contributed by atoms with Crippen LogP contribution in [0.15, 0.2) is 101 Å². The first-order chi connectivity index (χ1) is 39.0. The van der Waals surface area contributed by atoms with Crippen LogP contribution in [0.25, 0.3) is 11.6 Å². The number of aryl methyl sites for hydroxylation is 1. The lowest BCUT2D eigenvalue weighted by Crippen LogP contribution is -2.10. The van der Waals surface area contributed by atoms with Gasteiger partial charge in [-0.1, -0.05) is 48.0 Å². The number of esters is 2. The number of carbonyl (C=O) groups excluding carboxylic acids is 2. The highest BCUT2D eigenvalue weighted by molar-refractivity contribution is 6.32. The maximum atomic E-state index is 11.5. The van der Waals surface area contributed by atoms with Crippen molar-refractivity contribution in [1.29, 1.82) is 0 Å². The number of ether oxygens (including phenoxy) is 7. The summed E-state index contributed by atoms with van der Waals surface area (Å²) in [4.78, 5) is 64.7. The summed E-state index contributed by atoms with van der Waals surface area (Å²) in [7, 11) is 10.3. The molecule has 4 N–H and O–H groups in total. The van der Waals surface area contributed by atoms with E-state index in [2.05, 4.69) is 75.5 Å². The van der Waals surface area contributed by atoms with Crippen LogP contribution in [0.2, 0.25) is 15.7 Å². The van der Waals surface area contributed by atoms with Crippen LogP contribution in [-0.2, 0) is 28.7 Å². The number of rotatable bonds is 21. The van der Waals surface area contributed by atoms with E-state index in [1.54, 1.807) is 34.3 Å². The van der Waals surface area contributed by atoms with Gasteiger partial charge in [0.1, 0.15) is 45.5 Å². The van der Waals surface area contributed by atoms with E-state index in [4.69, 9.17) is 68.0 Å². The lowest BCUT2D eigenvalue weighted by atomic mass is 10.1. The molecule has 426 valence electrons. The predicted molar refractivity (Wildman–Crippen MR) is 299 cm³/mol. The first-order valence-electron chi connectivity index (χ1n) is 24.0. The zero-order valence-corrected chi connectivity index (χ0v) is 47.3. The molecular formula is C53H56Cl3N13O12. The van der Waals surface area contributed by atoms with E-state index >= 15 is 0 Å². The minimum absolute atomic E-state index is 0.00477. The molecule has 0 saturated carbocycles. The smallest absolute Gasteiger partial charge is 0.356 e. The number of methoxy groups -OCH3 is 7. The number of hydrogen-bond donors (Lipinski definition) is 4. The van der Waals surface area contributed by atoms with Gasteiger partial charge in [-0.15, -0.1) is 10.2 Å². The van der Waals surface area contributed by atoms with Crippen molar-refractivity contribution in [2.45, 2.75) is 26.2 Å². The van der Waals surface area contributed by atoms with Crippen molar-refractivity contribution >= 4 is 70.2 Å². The van der Waals surface area contributed by atoms with E-state index < -0.39 is 17.9 Å². The number of aromatic carboxylic acids is 1. The quantitative estimate of drug-likeness (QED) is 0.0297. The van der Waals surface area contributed by atoms with E-state index in [1.807, 2.05) is 72.8 Å². The Labute approximate surface area is 480 Å². The summed E-state index contributed by atoms with van der Waals surface area (Å²) in [6, 6.07) is 29.7. The Bertz CT molecular complexity index is 3270. The Morgan fingerprint density at radius 1 is 0.481 bits per heavy atom. The Kier molecular flexibility index (Phi) is 25.2. The SMILES string of the molecule is COC(=O)c1cc(Cl)nc(Cl)n1.COC(=O)c1cc(NCCc2ccc(OC)cc2)nc(Cl)n1.COc1ccc(CCNc2cc(-c3nnc(C)o3)nc(OC)n2)cc1.COc1ccc(CCNc2cc(C(=O)O)nc(OC)n2)cc1. The van der Waals surface area contributed by atoms with Crippen molar-refractivity contribution < 1.29 is 57.1 Å². The van der Waals surface area contributed by atoms with Gasteiger partial charge in [0.25, 0.3) is 5.89 Å². The predicted octanol–water partition coefficient (Wildman–Crippen LogP) is 8.50. The zero-order valence-electron chi connectivity index (χ0n) is 45.0. The molecule has 81 heavy (non-hydrogen) atoms. The number of nitrogens with zero attached hydrogens (tertiary/aromatic N) is 10. The largest absolute Gasteiger partial charge is 0.497 e. The molecule has 0 aliphatic rings. The molecular weight excluding hydrogens is 1120 g/mol. The molecule has 3 aromatic carbocycles. The molecule has 5 aromatic heterocycles. The van der Waals surface area contributed by atoms with Crippen molar-refractivity contribution in [3.63, 3.8) is 0 Å². The van der Waals surface area contributed by atoms with E-state index in [-0.39, 0.29) is 44.8 Å². The number of carbonyl (C=O) groups is 3. The second kappa shape index (κ2) is 32.6. The molecule has 0 aliphatic carbocycles. The molecule has 0 amide bonds. The van der Waals surface area contributed by atoms with Gasteiger partial charge in [-0.25, -0.2) is 34.3 Å². The van der Waals surface area contributed by atoms with Crippen LogP contribution in [-0.4, -0.2) is 142 Å². The molecule has 0 bridgehead atoms. The highest BCUT2D eigenvalue weighted by atomic mass is 35.5. The molecule has 0 unspecified atom stereocenters. The van der Waals surface area contributed by atoms with Gasteiger partial charge in [-0.3, -0.25) is 0 Å². The molecule has 25 nitrogen and oxygen atoms in total. The third kappa shape index (κ3) is 21.2. The van der Waals surface area contributed by atoms with Crippen molar-refractivity contribution in [2.24, 2.45) is 0 Å². The zero-order chi connectivity index (χ0) is 58.7. The average Bonchev–Trinajstić information content (AvgIpc) is 3.93. The summed E-state index contributed by atoms with van der Waals surface area (Å²) >= 11 is 16.7. The van der Waals surface area contributed by atoms with E-state index in [0.717, 1.165) is 47.6 Å². The van der Waals surface area contributed by atoms with Crippen molar-refractivity contribution in [3.05, 3.63) is 152 Å². The second-order valence-electron chi connectivity index (χ2n) is 16.0. The van der Waals surface area contributed by atoms with Crippen LogP contribution < -0.4 is 39.6 Å². The van der Waals surface area contributed by atoms with Gasteiger partial charge in [0.05, 0.1) is 49.8 Å². The highest BCUT2D eigenvalue weighted by Crippen LogP contribution is 2.22. The monoisotopic (exact) mass is 1170 g/mol. The van der Waals surface area contributed by atoms with Crippen LogP contribution in [0.3, 0.4) is 0 Å². The number of anilines is 3. The molecule has 5 heterocycles. The van der Waals surface area contributed by atoms with Crippen LogP contribution in [0.1, 0.15) is 54.0 Å². The first-order valence-corrected chi connectivity index (χ1v) is 25.1. The van der Waals surface area contributed by atoms with E-state index in [9.17, 15) is 14.4 Å². The Balaban J connectivity index is 0.000000203. The first kappa shape index (κ1) is 62.6. The third-order valence-corrected chi connectivity index (χ3v) is 11.1. The Morgan fingerprint density at radius 2 is 0.889 bits per heavy atom. The minimum Gasteiger partial charge on any atom is -0.497 e. The van der Waals surface area contributed by atoms with Crippen LogP contribution >= 0.6 is 34.8 Å². The van der Waals surface area contributed by atoms with Gasteiger partial charge in [0.15, 0.2) is 17.1 Å². The molecule has 8 rings (SSSR count). The van der Waals surface area contributed by atoms with Crippen molar-refractivity contribution in [3.8, 4) is 40.9 Å². The molecule has 0 fully saturated rings. The standard InChI is InChI=1S/C17H19N5O3.C15H16ClN3O3.C15H17N3O4.C6H4Cl2N2O2/c1-11-21-22-16(25-11)14-10-15(20-17(19-14)24-3)18-9-8-12-4-6-13(23-2)7-5-12;1-21-11-5-3-10(4-6-11)7-8-17-13-9-12(14(20)22-2)18-15(16)19-13;1-21-11-5-3-10(4-6-11)7-8-16-13-9-12(14(19)20)17-15(18-13)22-2;1-12-5(11)3-2-4(7)10-6(8)9-3/h4-7,10H,8-9H2,1-3H3,(H,18,19,20);3-6,9H,7-8H2,1-2H3,(H,17,18,19);3-6,9H,7-8H2,1-2H3,(H,19,20)(H,16,17,18);2H,1H3. The maximum Gasteiger partial charge on any atom is 0.356 e. The highest BCUT2D eigenvalue weighted by Gasteiger charge is 2.15. The van der Waals surface area contributed by atoms with Gasteiger partial charge in [-0.2, -0.15) is 19.9 Å². The van der Waals surface area contributed by atoms with E-state index in [1.165, 1.54) is 52.2 Å². The van der Waals surface area contributed by atoms with Crippen molar-refractivity contribution in [2.75, 3.05) is 85.4 Å². The topological polar surface area (TPSA) is 314 Å². The van der Waals surface area contributed by atoms with Gasteiger partial charge >= 0.3 is 29.9 Å². The normalized spacial score (nSPS) is 10.2. The lowest BCUT2D eigenvalue weighted by molar-refractivity contribution is 0.0585. The molecule has 8 aromatic rings. The number of aromatic nitrogens is 10. The van der Waals surface area contributed by atoms with Gasteiger partial charge in [0, 0.05) is 50.8 Å². The number of benzene rings is 3. The van der Waals surface area contributed by atoms with Crippen LogP contribution in [0.4, 0.5) is 17.5 Å². The number of carboxylic acid groups (broad SMARTS) is 1. The van der Waals surface area contributed by atoms with Gasteiger partial charge < -0.3 is 58.6 Å². The summed E-state index contributed by atoms with van der Waals surface area (Å²) in [5, 5.41) is 26.2. The average molecular weight is 1170 g/mol. The number of halogens is 3. The lowest BCUT2D eigenvalue weighted by Gasteiger charge is -2.08. The number of nitrogens with one attached hydrogen (secondary N) is 3.